The van der Waals surface area contributed by atoms with E-state index in [1.54, 1.807) is 22.9 Å². The third-order valence-electron chi connectivity index (χ3n) is 4.48. The predicted molar refractivity (Wildman–Crippen MR) is 119 cm³/mol. The van der Waals surface area contributed by atoms with E-state index in [2.05, 4.69) is 32.2 Å². The van der Waals surface area contributed by atoms with Gasteiger partial charge in [0.2, 0.25) is 0 Å². The second-order valence-electron chi connectivity index (χ2n) is 7.96. The molecule has 0 saturated carbocycles. The maximum Gasteiger partial charge on any atom is 0.263 e. The Morgan fingerprint density at radius 2 is 1.84 bits per heavy atom. The number of ether oxygens (including phenoxy) is 2. The van der Waals surface area contributed by atoms with Crippen LogP contribution in [0.15, 0.2) is 54.6 Å². The normalized spacial score (nSPS) is 10.9. The Bertz CT molecular complexity index is 1090. The van der Waals surface area contributed by atoms with Crippen LogP contribution < -0.4 is 14.8 Å². The highest BCUT2D eigenvalue weighted by molar-refractivity contribution is 5.91. The van der Waals surface area contributed by atoms with Crippen molar-refractivity contribution in [2.45, 2.75) is 33.1 Å². The molecule has 0 fully saturated rings. The molecule has 1 heterocycles. The number of anilines is 1. The molecule has 7 heteroatoms. The lowest BCUT2D eigenvalue weighted by atomic mass is 9.92. The van der Waals surface area contributed by atoms with Crippen molar-refractivity contribution in [3.8, 4) is 23.3 Å². The molecule has 0 atom stereocenters. The summed E-state index contributed by atoms with van der Waals surface area (Å²) in [5.41, 5.74) is 1.99. The molecule has 2 aromatic carbocycles. The molecule has 0 radical (unpaired) electrons. The van der Waals surface area contributed by atoms with Gasteiger partial charge in [0.25, 0.3) is 5.91 Å². The van der Waals surface area contributed by atoms with Gasteiger partial charge >= 0.3 is 0 Å². The van der Waals surface area contributed by atoms with Gasteiger partial charge in [0.1, 0.15) is 5.82 Å². The third-order valence-corrected chi connectivity index (χ3v) is 4.48. The quantitative estimate of drug-likeness (QED) is 0.612. The number of carbonyl (C=O) groups is 1. The first-order valence-corrected chi connectivity index (χ1v) is 10.1. The molecule has 1 aromatic heterocycles. The second-order valence-corrected chi connectivity index (χ2v) is 7.96. The average Bonchev–Trinajstić information content (AvgIpc) is 3.18. The molecular formula is C24H26N4O3. The predicted octanol–water partition coefficient (Wildman–Crippen LogP) is 4.46. The third kappa shape index (κ3) is 5.43. The molecule has 0 spiro atoms. The van der Waals surface area contributed by atoms with Gasteiger partial charge in [-0.1, -0.05) is 39.0 Å². The first-order valence-electron chi connectivity index (χ1n) is 10.1. The smallest absolute Gasteiger partial charge is 0.263 e. The number of para-hydroxylation sites is 1. The highest BCUT2D eigenvalue weighted by atomic mass is 16.5. The molecule has 3 aromatic rings. The lowest BCUT2D eigenvalue weighted by Crippen LogP contribution is -2.22. The monoisotopic (exact) mass is 418 g/mol. The van der Waals surface area contributed by atoms with E-state index in [0.717, 1.165) is 11.4 Å². The molecule has 1 amide bonds. The second kappa shape index (κ2) is 9.35. The lowest BCUT2D eigenvalue weighted by molar-refractivity contribution is -0.118. The number of nitrogens with one attached hydrogen (secondary N) is 1. The molecule has 7 nitrogen and oxygen atoms in total. The Morgan fingerprint density at radius 3 is 2.48 bits per heavy atom. The van der Waals surface area contributed by atoms with Crippen LogP contribution in [0.25, 0.3) is 5.69 Å². The van der Waals surface area contributed by atoms with Crippen molar-refractivity contribution in [3.05, 3.63) is 65.9 Å². The number of carbonyl (C=O) groups excluding carboxylic acids is 1. The number of nitriles is 1. The van der Waals surface area contributed by atoms with E-state index in [9.17, 15) is 4.79 Å². The molecule has 0 bridgehead atoms. The summed E-state index contributed by atoms with van der Waals surface area (Å²) < 4.78 is 12.9. The fraction of sp³-hybridized carbons (Fsp3) is 0.292. The van der Waals surface area contributed by atoms with Crippen LogP contribution in [0.1, 0.15) is 39.0 Å². The zero-order valence-corrected chi connectivity index (χ0v) is 18.2. The van der Waals surface area contributed by atoms with E-state index < -0.39 is 0 Å². The molecule has 31 heavy (non-hydrogen) atoms. The minimum Gasteiger partial charge on any atom is -0.490 e. The Balaban J connectivity index is 1.78. The maximum atomic E-state index is 12.7. The topological polar surface area (TPSA) is 89.2 Å². The Kier molecular flexibility index (Phi) is 6.61. The fourth-order valence-electron chi connectivity index (χ4n) is 2.89. The van der Waals surface area contributed by atoms with Crippen LogP contribution >= 0.6 is 0 Å². The molecule has 0 aliphatic rings. The van der Waals surface area contributed by atoms with Gasteiger partial charge in [0, 0.05) is 17.5 Å². The van der Waals surface area contributed by atoms with E-state index >= 15 is 0 Å². The summed E-state index contributed by atoms with van der Waals surface area (Å²) in [5.74, 6) is 1.07. The first kappa shape index (κ1) is 21.9. The van der Waals surface area contributed by atoms with Crippen molar-refractivity contribution < 1.29 is 14.3 Å². The highest BCUT2D eigenvalue weighted by Gasteiger charge is 2.21. The number of nitrogens with zero attached hydrogens (tertiary/aromatic N) is 3. The Hall–Kier alpha value is -3.79. The van der Waals surface area contributed by atoms with Crippen LogP contribution in [0, 0.1) is 11.3 Å². The summed E-state index contributed by atoms with van der Waals surface area (Å²) in [6.07, 6.45) is 0. The van der Waals surface area contributed by atoms with Crippen LogP contribution in [-0.4, -0.2) is 28.9 Å². The minimum atomic E-state index is -0.329. The summed E-state index contributed by atoms with van der Waals surface area (Å²) in [7, 11) is 0. The molecule has 0 aliphatic carbocycles. The highest BCUT2D eigenvalue weighted by Crippen LogP contribution is 2.29. The molecule has 0 saturated heterocycles. The van der Waals surface area contributed by atoms with Gasteiger partial charge in [0.05, 0.1) is 29.6 Å². The minimum absolute atomic E-state index is 0.176. The van der Waals surface area contributed by atoms with Crippen molar-refractivity contribution >= 4 is 11.7 Å². The summed E-state index contributed by atoms with van der Waals surface area (Å²) in [6.45, 7) is 8.26. The van der Waals surface area contributed by atoms with Crippen LogP contribution in [-0.2, 0) is 10.2 Å². The molecule has 3 rings (SSSR count). The van der Waals surface area contributed by atoms with Gasteiger partial charge in [-0.2, -0.15) is 10.4 Å². The van der Waals surface area contributed by atoms with Gasteiger partial charge in [-0.05, 0) is 31.2 Å². The van der Waals surface area contributed by atoms with Gasteiger partial charge in [0.15, 0.2) is 18.1 Å². The first-order chi connectivity index (χ1) is 14.8. The van der Waals surface area contributed by atoms with E-state index in [1.165, 1.54) is 0 Å². The number of amides is 1. The Labute approximate surface area is 182 Å². The van der Waals surface area contributed by atoms with Gasteiger partial charge < -0.3 is 14.8 Å². The van der Waals surface area contributed by atoms with E-state index in [4.69, 9.17) is 19.8 Å². The van der Waals surface area contributed by atoms with Crippen molar-refractivity contribution in [3.63, 3.8) is 0 Å². The van der Waals surface area contributed by atoms with Crippen molar-refractivity contribution in [1.82, 2.24) is 9.78 Å². The van der Waals surface area contributed by atoms with Crippen LogP contribution in [0.5, 0.6) is 11.5 Å². The van der Waals surface area contributed by atoms with Crippen LogP contribution in [0.4, 0.5) is 5.82 Å². The van der Waals surface area contributed by atoms with Crippen molar-refractivity contribution in [2.75, 3.05) is 18.5 Å². The van der Waals surface area contributed by atoms with Crippen molar-refractivity contribution in [1.29, 1.82) is 5.26 Å². The number of benzene rings is 2. The number of hydrogen-bond donors (Lipinski definition) is 1. The van der Waals surface area contributed by atoms with Crippen LogP contribution in [0.3, 0.4) is 0 Å². The van der Waals surface area contributed by atoms with E-state index in [1.807, 2.05) is 43.3 Å². The van der Waals surface area contributed by atoms with E-state index in [0.29, 0.717) is 29.5 Å². The van der Waals surface area contributed by atoms with Crippen LogP contribution in [0.2, 0.25) is 0 Å². The largest absolute Gasteiger partial charge is 0.490 e. The SMILES string of the molecule is CCOc1cc(C#N)ccc1OCC(=O)Nc1cc(C(C)(C)C)nn1-c1ccccc1. The standard InChI is InChI=1S/C24H26N4O3/c1-5-30-20-13-17(15-25)11-12-19(20)31-16-23(29)26-22-14-21(24(2,3)4)27-28(22)18-9-7-6-8-10-18/h6-14H,5,16H2,1-4H3,(H,26,29). The number of hydrogen-bond acceptors (Lipinski definition) is 5. The average molecular weight is 418 g/mol. The Morgan fingerprint density at radius 1 is 1.10 bits per heavy atom. The zero-order chi connectivity index (χ0) is 22.4. The summed E-state index contributed by atoms with van der Waals surface area (Å²) in [5, 5.41) is 16.6. The number of rotatable bonds is 7. The fourth-order valence-corrected chi connectivity index (χ4v) is 2.89. The molecule has 160 valence electrons. The van der Waals surface area contributed by atoms with E-state index in [-0.39, 0.29) is 17.9 Å². The lowest BCUT2D eigenvalue weighted by Gasteiger charge is -2.14. The van der Waals surface area contributed by atoms with Gasteiger partial charge in [-0.15, -0.1) is 0 Å². The summed E-state index contributed by atoms with van der Waals surface area (Å²) in [6, 6.07) is 18.4. The summed E-state index contributed by atoms with van der Waals surface area (Å²) in [4.78, 5) is 12.7. The van der Waals surface area contributed by atoms with Gasteiger partial charge in [-0.25, -0.2) is 4.68 Å². The number of aromatic nitrogens is 2. The zero-order valence-electron chi connectivity index (χ0n) is 18.2. The van der Waals surface area contributed by atoms with Gasteiger partial charge in [-0.3, -0.25) is 4.79 Å². The molecule has 1 N–H and O–H groups in total. The summed E-state index contributed by atoms with van der Waals surface area (Å²) >= 11 is 0. The molecular weight excluding hydrogens is 392 g/mol. The van der Waals surface area contributed by atoms with Crippen molar-refractivity contribution in [2.24, 2.45) is 0 Å². The maximum absolute atomic E-state index is 12.7. The molecule has 0 unspecified atom stereocenters. The molecule has 0 aliphatic heterocycles.